The van der Waals surface area contributed by atoms with Crippen LogP contribution in [0.1, 0.15) is 106 Å². The molecule has 0 spiro atoms. The van der Waals surface area contributed by atoms with E-state index >= 15 is 4.39 Å². The summed E-state index contributed by atoms with van der Waals surface area (Å²) in [7, 11) is -4.60. The van der Waals surface area contributed by atoms with Crippen molar-refractivity contribution in [3.05, 3.63) is 165 Å². The molecule has 9 rings (SSSR count). The molecule has 80 heavy (non-hydrogen) atoms. The lowest BCUT2D eigenvalue weighted by molar-refractivity contribution is -0.0501. The Hall–Kier alpha value is -5.94. The molecule has 0 aliphatic carbocycles. The maximum absolute atomic E-state index is 15.0. The van der Waals surface area contributed by atoms with E-state index in [9.17, 15) is 35.6 Å². The van der Waals surface area contributed by atoms with Crippen molar-refractivity contribution in [3.63, 3.8) is 0 Å². The minimum Gasteiger partial charge on any atom is -0.405 e. The molecule has 423 valence electrons. The Labute approximate surface area is 466 Å². The summed E-state index contributed by atoms with van der Waals surface area (Å²) in [5, 5.41) is 0. The van der Waals surface area contributed by atoms with Gasteiger partial charge in [0.1, 0.15) is 17.5 Å². The number of hydrogen-bond donors (Lipinski definition) is 0. The standard InChI is InChI=1S/C24H26BFN2O3.C19H14F4N2O4S.C12H24B2O4.B/c1-23(2)24(3,4)31-25(30-23)19-12-11-17(14-20(19)26)18-15-27-21(28(5)22(18)29)13-16-9-7-6-8-10-16;1-25-17(9-12-5-3-2-4-6-12)24-11-14(18(25)26)13-7-8-16(15(20)10-13)29-30(27,28)19(21,22)23;1-9(2)10(3,4)16-13(15-9)14-17-11(5,6)12(7,8)18-14;/h6-12,14-15H,13H2,1-5H3;2-8,10-11H,9H2,1H3;1-8H3;. The molecule has 3 aliphatic rings. The Balaban J connectivity index is 0.000000199. The average Bonchev–Trinajstić information content (AvgIpc) is 3.86. The van der Waals surface area contributed by atoms with Crippen molar-refractivity contribution < 1.29 is 62.5 Å². The first-order valence-electron chi connectivity index (χ1n) is 25.3. The van der Waals surface area contributed by atoms with Crippen LogP contribution >= 0.6 is 0 Å². The lowest BCUT2D eigenvalue weighted by Crippen LogP contribution is -2.41. The molecule has 0 atom stereocenters. The highest BCUT2D eigenvalue weighted by molar-refractivity contribution is 7.88. The SMILES string of the molecule is CC1(C)OB(B2OC(C)(C)C(C)(C)O2)OC1(C)C.Cn1c(Cc2ccccc2)ncc(-c2ccc(B3OC(C)(C)C(C)(C)O3)c(F)c2)c1=O.Cn1c(Cc2ccccc2)ncc(-c2ccc(OS(=O)(=O)C(F)(F)F)c(F)c2)c1=O.[B]. The molecule has 4 aromatic carbocycles. The van der Waals surface area contributed by atoms with E-state index in [0.29, 0.717) is 53.2 Å². The summed E-state index contributed by atoms with van der Waals surface area (Å²) >= 11 is 0. The molecule has 0 amide bonds. The van der Waals surface area contributed by atoms with Crippen LogP contribution in [0.25, 0.3) is 22.3 Å². The summed E-state index contributed by atoms with van der Waals surface area (Å²) in [4.78, 5) is 34.3. The van der Waals surface area contributed by atoms with Crippen LogP contribution in [0.3, 0.4) is 0 Å². The maximum Gasteiger partial charge on any atom is 0.534 e. The van der Waals surface area contributed by atoms with Crippen LogP contribution in [-0.2, 0) is 65.0 Å². The van der Waals surface area contributed by atoms with Crippen molar-refractivity contribution in [1.82, 2.24) is 19.1 Å². The van der Waals surface area contributed by atoms with E-state index in [-0.39, 0.29) is 47.5 Å². The molecule has 3 fully saturated rings. The van der Waals surface area contributed by atoms with Gasteiger partial charge in [0.25, 0.3) is 11.1 Å². The number of alkyl halides is 3. The van der Waals surface area contributed by atoms with Crippen LogP contribution in [0.4, 0.5) is 22.0 Å². The van der Waals surface area contributed by atoms with Crippen molar-refractivity contribution >= 4 is 45.1 Å². The third-order valence-electron chi connectivity index (χ3n) is 15.2. The number of halogens is 5. The second-order valence-electron chi connectivity index (χ2n) is 22.4. The third-order valence-corrected chi connectivity index (χ3v) is 16.2. The summed E-state index contributed by atoms with van der Waals surface area (Å²) in [6.07, 6.45) is 3.66. The predicted octanol–water partition coefficient (Wildman–Crippen LogP) is 8.75. The molecule has 0 saturated carbocycles. The fraction of sp³-hybridized carbons (Fsp3) is 0.418. The molecule has 0 unspecified atom stereocenters. The van der Waals surface area contributed by atoms with E-state index < -0.39 is 70.9 Å². The summed E-state index contributed by atoms with van der Waals surface area (Å²) in [5.74, 6) is -1.90. The fourth-order valence-corrected chi connectivity index (χ4v) is 8.66. The molecule has 2 aromatic heterocycles. The van der Waals surface area contributed by atoms with Gasteiger partial charge in [0.15, 0.2) is 11.6 Å². The van der Waals surface area contributed by atoms with Gasteiger partial charge in [-0.05, 0) is 124 Å². The summed E-state index contributed by atoms with van der Waals surface area (Å²) in [5.41, 5.74) is -5.88. The van der Waals surface area contributed by atoms with Crippen LogP contribution in [0.15, 0.2) is 119 Å². The molecule has 15 nitrogen and oxygen atoms in total. The van der Waals surface area contributed by atoms with Gasteiger partial charge in [0, 0.05) is 53.2 Å². The maximum atomic E-state index is 15.0. The van der Waals surface area contributed by atoms with Crippen molar-refractivity contribution in [2.75, 3.05) is 0 Å². The van der Waals surface area contributed by atoms with Gasteiger partial charge in [-0.1, -0.05) is 78.9 Å². The second kappa shape index (κ2) is 23.1. The monoisotopic (exact) mass is 1130 g/mol. The number of aromatic nitrogens is 4. The van der Waals surface area contributed by atoms with Crippen LogP contribution in [-0.4, -0.2) is 96.2 Å². The minimum atomic E-state index is -6.02. The molecule has 0 bridgehead atoms. The van der Waals surface area contributed by atoms with Crippen molar-refractivity contribution in [3.8, 4) is 28.0 Å². The Morgan fingerprint density at radius 3 is 1.24 bits per heavy atom. The molecule has 3 saturated heterocycles. The average molecular weight is 1130 g/mol. The van der Waals surface area contributed by atoms with E-state index in [1.165, 1.54) is 34.6 Å². The predicted molar refractivity (Wildman–Crippen MR) is 297 cm³/mol. The van der Waals surface area contributed by atoms with Crippen LogP contribution < -0.4 is 20.8 Å². The number of hydrogen-bond acceptors (Lipinski definition) is 13. The second-order valence-corrected chi connectivity index (χ2v) is 24.0. The van der Waals surface area contributed by atoms with Crippen LogP contribution in [0.2, 0.25) is 0 Å². The van der Waals surface area contributed by atoms with Crippen LogP contribution in [0.5, 0.6) is 5.75 Å². The van der Waals surface area contributed by atoms with E-state index in [1.807, 2.05) is 144 Å². The smallest absolute Gasteiger partial charge is 0.405 e. The first-order chi connectivity index (χ1) is 36.5. The number of nitrogens with zero attached hydrogens (tertiary/aromatic N) is 4. The highest BCUT2D eigenvalue weighted by Crippen LogP contribution is 2.43. The Kier molecular flexibility index (Phi) is 18.3. The Morgan fingerprint density at radius 1 is 0.537 bits per heavy atom. The van der Waals surface area contributed by atoms with Gasteiger partial charge in [-0.25, -0.2) is 18.7 Å². The lowest BCUT2D eigenvalue weighted by atomic mass is 9.49. The zero-order valence-electron chi connectivity index (χ0n) is 47.2. The minimum absolute atomic E-state index is 0. The number of benzene rings is 4. The highest BCUT2D eigenvalue weighted by Gasteiger charge is 2.64. The van der Waals surface area contributed by atoms with Gasteiger partial charge in [0.05, 0.1) is 44.7 Å². The van der Waals surface area contributed by atoms with Gasteiger partial charge in [0.2, 0.25) is 0 Å². The van der Waals surface area contributed by atoms with Gasteiger partial charge in [-0.2, -0.15) is 21.6 Å². The zero-order valence-corrected chi connectivity index (χ0v) is 48.0. The molecule has 6 aromatic rings. The first-order valence-corrected chi connectivity index (χ1v) is 26.7. The van der Waals surface area contributed by atoms with Gasteiger partial charge < -0.3 is 32.1 Å². The van der Waals surface area contributed by atoms with Gasteiger partial charge in [-0.15, -0.1) is 0 Å². The summed E-state index contributed by atoms with van der Waals surface area (Å²) in [6.45, 7) is 23.9. The van der Waals surface area contributed by atoms with Crippen molar-refractivity contribution in [2.45, 2.75) is 135 Å². The highest BCUT2D eigenvalue weighted by atomic mass is 32.2. The topological polar surface area (TPSA) is 169 Å². The van der Waals surface area contributed by atoms with Crippen LogP contribution in [0, 0.1) is 11.6 Å². The molecule has 0 N–H and O–H groups in total. The van der Waals surface area contributed by atoms with Crippen molar-refractivity contribution in [2.24, 2.45) is 14.1 Å². The first kappa shape index (κ1) is 63.2. The quantitative estimate of drug-likeness (QED) is 0.0553. The molecule has 3 aliphatic heterocycles. The van der Waals surface area contributed by atoms with E-state index in [0.717, 1.165) is 17.2 Å². The fourth-order valence-electron chi connectivity index (χ4n) is 8.20. The third kappa shape index (κ3) is 13.4. The van der Waals surface area contributed by atoms with Gasteiger partial charge in [-0.3, -0.25) is 18.7 Å². The van der Waals surface area contributed by atoms with Crippen molar-refractivity contribution in [1.29, 1.82) is 0 Å². The normalized spacial score (nSPS) is 18.4. The van der Waals surface area contributed by atoms with E-state index in [4.69, 9.17) is 27.9 Å². The molecule has 3 radical (unpaired) electrons. The van der Waals surface area contributed by atoms with E-state index in [1.54, 1.807) is 19.2 Å². The largest absolute Gasteiger partial charge is 0.534 e. The summed E-state index contributed by atoms with van der Waals surface area (Å²) < 4.78 is 131. The summed E-state index contributed by atoms with van der Waals surface area (Å²) in [6, 6.07) is 26.2. The zero-order chi connectivity index (χ0) is 58.5. The molecular formula is C55H64B4F5N4O11S. The van der Waals surface area contributed by atoms with Gasteiger partial charge >= 0.3 is 36.8 Å². The Morgan fingerprint density at radius 2 is 0.887 bits per heavy atom. The number of rotatable bonds is 10. The molecule has 25 heteroatoms. The van der Waals surface area contributed by atoms with E-state index in [2.05, 4.69) is 14.2 Å². The molecular weight excluding hydrogens is 1060 g/mol. The molecule has 5 heterocycles. The Bertz CT molecular complexity index is 3360. The lowest BCUT2D eigenvalue weighted by Gasteiger charge is -2.32.